The topological polar surface area (TPSA) is 21.7 Å². The van der Waals surface area contributed by atoms with Crippen molar-refractivity contribution in [2.45, 2.75) is 31.1 Å². The molecular formula is C10H23NO2Si. The monoisotopic (exact) mass is 217 g/mol. The largest absolute Gasteiger partial charge is 0.358 e. The molecule has 4 heteroatoms. The zero-order valence-corrected chi connectivity index (χ0v) is 11.7. The van der Waals surface area contributed by atoms with Gasteiger partial charge in [-0.3, -0.25) is 0 Å². The summed E-state index contributed by atoms with van der Waals surface area (Å²) in [5.74, 6) is 0. The van der Waals surface area contributed by atoms with Crippen molar-refractivity contribution in [3.63, 3.8) is 0 Å². The normalized spacial score (nSPS) is 20.1. The molecule has 1 rings (SSSR count). The van der Waals surface area contributed by atoms with Crippen LogP contribution in [-0.2, 0) is 9.47 Å². The molecule has 14 heavy (non-hydrogen) atoms. The highest BCUT2D eigenvalue weighted by atomic mass is 28.1. The standard InChI is InChI=1S/C10H23NO2Si/c1-12-10(14,13-2)6-9-11-7-4-3-5-8-11/h3-9H2,1-2,14H3. The van der Waals surface area contributed by atoms with E-state index in [1.54, 1.807) is 14.2 Å². The van der Waals surface area contributed by atoms with Gasteiger partial charge in [-0.05, 0) is 25.9 Å². The number of nitrogens with zero attached hydrogens (tertiary/aromatic N) is 1. The predicted molar refractivity (Wildman–Crippen MR) is 61.6 cm³/mol. The molecule has 1 aliphatic rings. The van der Waals surface area contributed by atoms with Crippen LogP contribution in [-0.4, -0.2) is 54.4 Å². The quantitative estimate of drug-likeness (QED) is 0.484. The molecule has 0 spiro atoms. The lowest BCUT2D eigenvalue weighted by molar-refractivity contribution is -0.148. The first-order valence-corrected chi connectivity index (χ1v) is 6.53. The van der Waals surface area contributed by atoms with Crippen molar-refractivity contribution >= 4 is 10.2 Å². The molecular weight excluding hydrogens is 194 g/mol. The number of rotatable bonds is 5. The Kier molecular flexibility index (Phi) is 5.09. The molecule has 0 unspecified atom stereocenters. The molecule has 84 valence electrons. The van der Waals surface area contributed by atoms with Gasteiger partial charge < -0.3 is 14.4 Å². The van der Waals surface area contributed by atoms with Crippen molar-refractivity contribution in [1.29, 1.82) is 0 Å². The Morgan fingerprint density at radius 1 is 1.14 bits per heavy atom. The maximum atomic E-state index is 5.39. The van der Waals surface area contributed by atoms with Gasteiger partial charge in [0.05, 0.1) is 10.2 Å². The van der Waals surface area contributed by atoms with Crippen LogP contribution in [0.2, 0.25) is 0 Å². The number of hydrogen-bond donors (Lipinski definition) is 0. The summed E-state index contributed by atoms with van der Waals surface area (Å²) in [6.45, 7) is 3.63. The number of piperidine rings is 1. The van der Waals surface area contributed by atoms with Gasteiger partial charge in [0.25, 0.3) is 0 Å². The fourth-order valence-corrected chi connectivity index (χ4v) is 2.06. The van der Waals surface area contributed by atoms with E-state index in [4.69, 9.17) is 9.47 Å². The summed E-state index contributed by atoms with van der Waals surface area (Å²) in [6, 6.07) is 0. The smallest absolute Gasteiger partial charge is 0.142 e. The van der Waals surface area contributed by atoms with Gasteiger partial charge in [-0.1, -0.05) is 6.42 Å². The fourth-order valence-electron chi connectivity index (χ4n) is 1.83. The van der Waals surface area contributed by atoms with E-state index in [1.165, 1.54) is 32.4 Å². The van der Waals surface area contributed by atoms with Gasteiger partial charge in [-0.25, -0.2) is 0 Å². The van der Waals surface area contributed by atoms with Gasteiger partial charge in [0, 0.05) is 27.2 Å². The van der Waals surface area contributed by atoms with Crippen LogP contribution < -0.4 is 0 Å². The molecule has 0 aliphatic carbocycles. The SMILES string of the molecule is COC([SiH3])(CCN1CCCCC1)OC. The molecule has 0 bridgehead atoms. The maximum absolute atomic E-state index is 5.39. The average Bonchev–Trinajstić information content (AvgIpc) is 2.27. The van der Waals surface area contributed by atoms with E-state index in [0.717, 1.165) is 23.2 Å². The summed E-state index contributed by atoms with van der Waals surface area (Å²) in [4.78, 5) is 2.52. The van der Waals surface area contributed by atoms with Crippen LogP contribution in [0.5, 0.6) is 0 Å². The van der Waals surface area contributed by atoms with E-state index >= 15 is 0 Å². The third-order valence-electron chi connectivity index (χ3n) is 3.19. The van der Waals surface area contributed by atoms with Gasteiger partial charge in [-0.15, -0.1) is 0 Å². The van der Waals surface area contributed by atoms with Gasteiger partial charge >= 0.3 is 0 Å². The second-order valence-corrected chi connectivity index (χ2v) is 5.72. The molecule has 1 heterocycles. The molecule has 1 fully saturated rings. The van der Waals surface area contributed by atoms with Crippen molar-refractivity contribution in [2.24, 2.45) is 0 Å². The molecule has 0 amide bonds. The summed E-state index contributed by atoms with van der Waals surface area (Å²) in [6.07, 6.45) is 5.12. The van der Waals surface area contributed by atoms with Crippen LogP contribution >= 0.6 is 0 Å². The van der Waals surface area contributed by atoms with Gasteiger partial charge in [-0.2, -0.15) is 0 Å². The van der Waals surface area contributed by atoms with Crippen LogP contribution in [0, 0.1) is 0 Å². The van der Waals surface area contributed by atoms with E-state index < -0.39 is 0 Å². The van der Waals surface area contributed by atoms with Crippen molar-refractivity contribution in [3.05, 3.63) is 0 Å². The van der Waals surface area contributed by atoms with Crippen LogP contribution in [0.3, 0.4) is 0 Å². The van der Waals surface area contributed by atoms with Crippen LogP contribution in [0.15, 0.2) is 0 Å². The molecule has 0 radical (unpaired) electrons. The molecule has 0 saturated carbocycles. The number of ether oxygens (including phenoxy) is 2. The van der Waals surface area contributed by atoms with E-state index in [0.29, 0.717) is 0 Å². The summed E-state index contributed by atoms with van der Waals surface area (Å²) in [5, 5.41) is 0. The zero-order chi connectivity index (χ0) is 10.4. The van der Waals surface area contributed by atoms with Crippen molar-refractivity contribution in [2.75, 3.05) is 33.9 Å². The second kappa shape index (κ2) is 5.85. The highest BCUT2D eigenvalue weighted by molar-refractivity contribution is 6.13. The van der Waals surface area contributed by atoms with E-state index in [-0.39, 0.29) is 5.41 Å². The summed E-state index contributed by atoms with van der Waals surface area (Å²) >= 11 is 0. The van der Waals surface area contributed by atoms with Crippen LogP contribution in [0.25, 0.3) is 0 Å². The van der Waals surface area contributed by atoms with Gasteiger partial charge in [0.2, 0.25) is 0 Å². The molecule has 0 atom stereocenters. The average molecular weight is 217 g/mol. The number of methoxy groups -OCH3 is 2. The third kappa shape index (κ3) is 3.69. The Bertz CT molecular complexity index is 156. The van der Waals surface area contributed by atoms with Crippen LogP contribution in [0.4, 0.5) is 0 Å². The number of hydrogen-bond acceptors (Lipinski definition) is 3. The van der Waals surface area contributed by atoms with E-state index in [1.807, 2.05) is 0 Å². The lowest BCUT2D eigenvalue weighted by Gasteiger charge is -2.32. The molecule has 0 aromatic carbocycles. The first-order valence-electron chi connectivity index (χ1n) is 5.53. The second-order valence-electron chi connectivity index (χ2n) is 4.19. The first-order chi connectivity index (χ1) is 6.70. The Morgan fingerprint density at radius 3 is 2.21 bits per heavy atom. The molecule has 1 aliphatic heterocycles. The fraction of sp³-hybridized carbons (Fsp3) is 1.00. The minimum atomic E-state index is -0.266. The highest BCUT2D eigenvalue weighted by Gasteiger charge is 2.23. The van der Waals surface area contributed by atoms with Crippen molar-refractivity contribution in [3.8, 4) is 0 Å². The molecule has 1 saturated heterocycles. The Labute approximate surface area is 90.2 Å². The lowest BCUT2D eigenvalue weighted by atomic mass is 10.1. The van der Waals surface area contributed by atoms with Crippen molar-refractivity contribution < 1.29 is 9.47 Å². The molecule has 3 nitrogen and oxygen atoms in total. The number of likely N-dealkylation sites (tertiary alicyclic amines) is 1. The van der Waals surface area contributed by atoms with Crippen LogP contribution in [0.1, 0.15) is 25.7 Å². The van der Waals surface area contributed by atoms with E-state index in [2.05, 4.69) is 4.90 Å². The maximum Gasteiger partial charge on any atom is 0.142 e. The Hall–Kier alpha value is 0.0969. The summed E-state index contributed by atoms with van der Waals surface area (Å²) < 4.78 is 10.8. The first kappa shape index (κ1) is 12.2. The predicted octanol–water partition coefficient (Wildman–Crippen LogP) is 0.174. The zero-order valence-electron chi connectivity index (χ0n) is 9.71. The molecule has 0 aromatic heterocycles. The Balaban J connectivity index is 2.23. The third-order valence-corrected chi connectivity index (χ3v) is 4.51. The van der Waals surface area contributed by atoms with Gasteiger partial charge in [0.1, 0.15) is 5.41 Å². The van der Waals surface area contributed by atoms with Crippen molar-refractivity contribution in [1.82, 2.24) is 4.90 Å². The minimum Gasteiger partial charge on any atom is -0.358 e. The van der Waals surface area contributed by atoms with E-state index in [9.17, 15) is 0 Å². The summed E-state index contributed by atoms with van der Waals surface area (Å²) in [7, 11) is 4.41. The molecule has 0 aromatic rings. The Morgan fingerprint density at radius 2 is 1.71 bits per heavy atom. The molecule has 0 N–H and O–H groups in total. The summed E-state index contributed by atoms with van der Waals surface area (Å²) in [5.41, 5.74) is -0.266. The lowest BCUT2D eigenvalue weighted by Crippen LogP contribution is -2.40. The minimum absolute atomic E-state index is 0.266. The van der Waals surface area contributed by atoms with Gasteiger partial charge in [0.15, 0.2) is 0 Å². The highest BCUT2D eigenvalue weighted by Crippen LogP contribution is 2.15.